The third kappa shape index (κ3) is 5.21. The summed E-state index contributed by atoms with van der Waals surface area (Å²) in [6.45, 7) is 2.14. The molecule has 0 amide bonds. The number of nitriles is 1. The first-order chi connectivity index (χ1) is 14.0. The summed E-state index contributed by atoms with van der Waals surface area (Å²) >= 11 is 0. The van der Waals surface area contributed by atoms with E-state index in [0.29, 0.717) is 37.7 Å². The lowest BCUT2D eigenvalue weighted by atomic mass is 9.80. The van der Waals surface area contributed by atoms with E-state index in [4.69, 9.17) is 5.26 Å². The van der Waals surface area contributed by atoms with E-state index in [-0.39, 0.29) is 17.0 Å². The van der Waals surface area contributed by atoms with Crippen molar-refractivity contribution in [3.05, 3.63) is 69.5 Å². The van der Waals surface area contributed by atoms with Gasteiger partial charge in [0.15, 0.2) is 0 Å². The van der Waals surface area contributed by atoms with E-state index in [1.807, 2.05) is 12.1 Å². The third-order valence-corrected chi connectivity index (χ3v) is 6.09. The predicted molar refractivity (Wildman–Crippen MR) is 109 cm³/mol. The van der Waals surface area contributed by atoms with Crippen LogP contribution in [0.4, 0.5) is 13.2 Å². The van der Waals surface area contributed by atoms with Gasteiger partial charge in [0.25, 0.3) is 0 Å². The molecule has 1 nitrogen and oxygen atoms in total. The Balaban J connectivity index is 1.60. The number of hydrogen-bond donors (Lipinski definition) is 0. The fourth-order valence-electron chi connectivity index (χ4n) is 4.36. The van der Waals surface area contributed by atoms with Crippen molar-refractivity contribution in [2.75, 3.05) is 0 Å². The molecule has 4 heteroatoms. The molecular formula is C25H28F3N. The Bertz CT molecular complexity index is 875. The quantitative estimate of drug-likeness (QED) is 0.446. The molecule has 0 spiro atoms. The van der Waals surface area contributed by atoms with Crippen molar-refractivity contribution >= 4 is 0 Å². The van der Waals surface area contributed by atoms with Crippen molar-refractivity contribution in [3.8, 4) is 6.07 Å². The molecule has 154 valence electrons. The van der Waals surface area contributed by atoms with Crippen molar-refractivity contribution < 1.29 is 13.2 Å². The Morgan fingerprint density at radius 3 is 2.48 bits per heavy atom. The lowest BCUT2D eigenvalue weighted by Gasteiger charge is -2.25. The van der Waals surface area contributed by atoms with Crippen LogP contribution in [0.5, 0.6) is 0 Å². The van der Waals surface area contributed by atoms with Gasteiger partial charge in [0.05, 0.1) is 5.56 Å². The topological polar surface area (TPSA) is 23.8 Å². The third-order valence-electron chi connectivity index (χ3n) is 6.09. The number of halogens is 3. The molecule has 0 fully saturated rings. The summed E-state index contributed by atoms with van der Waals surface area (Å²) in [6, 6.07) is 8.19. The van der Waals surface area contributed by atoms with Crippen LogP contribution in [0.3, 0.4) is 0 Å². The van der Waals surface area contributed by atoms with Crippen molar-refractivity contribution in [1.29, 1.82) is 5.26 Å². The first-order valence-corrected chi connectivity index (χ1v) is 10.7. The smallest absolute Gasteiger partial charge is 0.144 e. The second-order valence-electron chi connectivity index (χ2n) is 8.17. The molecule has 0 radical (unpaired) electrons. The summed E-state index contributed by atoms with van der Waals surface area (Å²) in [5, 5.41) is 8.96. The van der Waals surface area contributed by atoms with Crippen LogP contribution in [-0.2, 0) is 25.7 Å². The van der Waals surface area contributed by atoms with Gasteiger partial charge in [0, 0.05) is 5.56 Å². The standard InChI is InChI=1S/C25H28F3N/c1-2-3-4-5-6-18-14-23(26)22(24(27)15-18)12-8-17-7-11-21-19(13-17)9-10-20(16-29)25(21)28/h9-10,14-15,17H,2-8,11-13H2,1H3. The van der Waals surface area contributed by atoms with E-state index in [1.54, 1.807) is 0 Å². The van der Waals surface area contributed by atoms with Gasteiger partial charge in [-0.25, -0.2) is 13.2 Å². The average molecular weight is 400 g/mol. The van der Waals surface area contributed by atoms with Gasteiger partial charge in [-0.3, -0.25) is 0 Å². The number of hydrogen-bond acceptors (Lipinski definition) is 1. The van der Waals surface area contributed by atoms with Gasteiger partial charge < -0.3 is 0 Å². The largest absolute Gasteiger partial charge is 0.207 e. The van der Waals surface area contributed by atoms with Gasteiger partial charge in [-0.2, -0.15) is 5.26 Å². The molecule has 0 saturated carbocycles. The van der Waals surface area contributed by atoms with Crippen LogP contribution in [0.15, 0.2) is 24.3 Å². The molecule has 1 aliphatic rings. The predicted octanol–water partition coefficient (Wildman–Crippen LogP) is 6.84. The highest BCUT2D eigenvalue weighted by atomic mass is 19.1. The number of unbranched alkanes of at least 4 members (excludes halogenated alkanes) is 3. The van der Waals surface area contributed by atoms with E-state index in [9.17, 15) is 13.2 Å². The van der Waals surface area contributed by atoms with Crippen LogP contribution in [0.1, 0.15) is 73.3 Å². The number of fused-ring (bicyclic) bond motifs is 1. The van der Waals surface area contributed by atoms with Crippen LogP contribution in [-0.4, -0.2) is 0 Å². The highest BCUT2D eigenvalue weighted by Gasteiger charge is 2.23. The normalized spacial score (nSPS) is 15.8. The van der Waals surface area contributed by atoms with E-state index < -0.39 is 17.5 Å². The molecule has 0 saturated heterocycles. The van der Waals surface area contributed by atoms with E-state index in [0.717, 1.165) is 43.2 Å². The summed E-state index contributed by atoms with van der Waals surface area (Å²) in [5.41, 5.74) is 2.53. The van der Waals surface area contributed by atoms with Crippen molar-refractivity contribution in [1.82, 2.24) is 0 Å². The average Bonchev–Trinajstić information content (AvgIpc) is 2.71. The highest BCUT2D eigenvalue weighted by Crippen LogP contribution is 2.32. The van der Waals surface area contributed by atoms with Crippen LogP contribution in [0, 0.1) is 34.7 Å². The second-order valence-corrected chi connectivity index (χ2v) is 8.17. The van der Waals surface area contributed by atoms with Crippen LogP contribution in [0.2, 0.25) is 0 Å². The lowest BCUT2D eigenvalue weighted by Crippen LogP contribution is -2.17. The Morgan fingerprint density at radius 2 is 1.79 bits per heavy atom. The maximum Gasteiger partial charge on any atom is 0.144 e. The number of rotatable bonds is 8. The van der Waals surface area contributed by atoms with Crippen molar-refractivity contribution in [2.45, 2.75) is 71.1 Å². The lowest BCUT2D eigenvalue weighted by molar-refractivity contribution is 0.411. The molecule has 0 aliphatic heterocycles. The highest BCUT2D eigenvalue weighted by molar-refractivity contribution is 5.41. The minimum atomic E-state index is -0.448. The minimum absolute atomic E-state index is 0.0844. The summed E-state index contributed by atoms with van der Waals surface area (Å²) in [6.07, 6.45) is 8.10. The molecule has 0 N–H and O–H groups in total. The fourth-order valence-corrected chi connectivity index (χ4v) is 4.36. The SMILES string of the molecule is CCCCCCc1cc(F)c(CCC2CCc3c(ccc(C#N)c3F)C2)c(F)c1. The van der Waals surface area contributed by atoms with Crippen LogP contribution >= 0.6 is 0 Å². The maximum absolute atomic E-state index is 14.5. The number of nitrogens with zero attached hydrogens (tertiary/aromatic N) is 1. The van der Waals surface area contributed by atoms with E-state index in [1.165, 1.54) is 18.2 Å². The summed E-state index contributed by atoms with van der Waals surface area (Å²) in [5.74, 6) is -1.04. The molecule has 3 rings (SSSR count). The number of aryl methyl sites for hydroxylation is 1. The zero-order valence-corrected chi connectivity index (χ0v) is 17.0. The van der Waals surface area contributed by atoms with E-state index in [2.05, 4.69) is 6.92 Å². The summed E-state index contributed by atoms with van der Waals surface area (Å²) in [4.78, 5) is 0. The first kappa shape index (κ1) is 21.4. The maximum atomic E-state index is 14.5. The van der Waals surface area contributed by atoms with Crippen molar-refractivity contribution in [3.63, 3.8) is 0 Å². The van der Waals surface area contributed by atoms with Gasteiger partial charge >= 0.3 is 0 Å². The van der Waals surface area contributed by atoms with Crippen LogP contribution in [0.25, 0.3) is 0 Å². The van der Waals surface area contributed by atoms with Gasteiger partial charge in [-0.15, -0.1) is 0 Å². The Hall–Kier alpha value is -2.28. The molecule has 1 unspecified atom stereocenters. The van der Waals surface area contributed by atoms with Gasteiger partial charge in [0.2, 0.25) is 0 Å². The summed E-state index contributed by atoms with van der Waals surface area (Å²) < 4.78 is 43.3. The zero-order valence-electron chi connectivity index (χ0n) is 17.0. The monoisotopic (exact) mass is 399 g/mol. The molecule has 2 aromatic rings. The fraction of sp³-hybridized carbons (Fsp3) is 0.480. The molecule has 2 aromatic carbocycles. The Morgan fingerprint density at radius 1 is 1.03 bits per heavy atom. The molecule has 0 bridgehead atoms. The Kier molecular flexibility index (Phi) is 7.36. The summed E-state index contributed by atoms with van der Waals surface area (Å²) in [7, 11) is 0. The van der Waals surface area contributed by atoms with Gasteiger partial charge in [0.1, 0.15) is 23.5 Å². The molecule has 1 atom stereocenters. The second kappa shape index (κ2) is 9.96. The molecule has 0 aromatic heterocycles. The first-order valence-electron chi connectivity index (χ1n) is 10.7. The molecule has 1 aliphatic carbocycles. The van der Waals surface area contributed by atoms with Crippen molar-refractivity contribution in [2.24, 2.45) is 5.92 Å². The number of benzene rings is 2. The van der Waals surface area contributed by atoms with E-state index >= 15 is 0 Å². The zero-order chi connectivity index (χ0) is 20.8. The van der Waals surface area contributed by atoms with Crippen LogP contribution < -0.4 is 0 Å². The van der Waals surface area contributed by atoms with Gasteiger partial charge in [-0.1, -0.05) is 32.3 Å². The molecular weight excluding hydrogens is 371 g/mol. The Labute approximate surface area is 171 Å². The van der Waals surface area contributed by atoms with Gasteiger partial charge in [-0.05, 0) is 85.8 Å². The molecule has 0 heterocycles. The molecule has 29 heavy (non-hydrogen) atoms. The minimum Gasteiger partial charge on any atom is -0.207 e.